The Morgan fingerprint density at radius 1 is 1.33 bits per heavy atom. The summed E-state index contributed by atoms with van der Waals surface area (Å²) in [6, 6.07) is 10.2. The SMILES string of the molecule is CN1CCN(C(=O)Cc2ccccc2)CC1CN. The monoisotopic (exact) mass is 247 g/mol. The zero-order valence-electron chi connectivity index (χ0n) is 10.9. The third-order valence-electron chi connectivity index (χ3n) is 3.60. The lowest BCUT2D eigenvalue weighted by Gasteiger charge is -2.39. The largest absolute Gasteiger partial charge is 0.340 e. The summed E-state index contributed by atoms with van der Waals surface area (Å²) in [5.74, 6) is 0.202. The Morgan fingerprint density at radius 3 is 2.72 bits per heavy atom. The van der Waals surface area contributed by atoms with Crippen LogP contribution in [0.5, 0.6) is 0 Å². The molecule has 1 aliphatic heterocycles. The number of hydrogen-bond donors (Lipinski definition) is 1. The van der Waals surface area contributed by atoms with E-state index in [0.29, 0.717) is 19.0 Å². The summed E-state index contributed by atoms with van der Waals surface area (Å²) < 4.78 is 0. The van der Waals surface area contributed by atoms with Gasteiger partial charge in [-0.3, -0.25) is 9.69 Å². The predicted molar refractivity (Wildman–Crippen MR) is 72.2 cm³/mol. The number of benzene rings is 1. The predicted octanol–water partition coefficient (Wildman–Crippen LogP) is 0.330. The maximum absolute atomic E-state index is 12.2. The summed E-state index contributed by atoms with van der Waals surface area (Å²) in [7, 11) is 2.07. The van der Waals surface area contributed by atoms with Gasteiger partial charge in [-0.15, -0.1) is 0 Å². The van der Waals surface area contributed by atoms with Crippen LogP contribution in [-0.2, 0) is 11.2 Å². The lowest BCUT2D eigenvalue weighted by atomic mass is 10.1. The minimum Gasteiger partial charge on any atom is -0.340 e. The fraction of sp³-hybridized carbons (Fsp3) is 0.500. The topological polar surface area (TPSA) is 49.6 Å². The van der Waals surface area contributed by atoms with Gasteiger partial charge in [0.1, 0.15) is 0 Å². The van der Waals surface area contributed by atoms with Gasteiger partial charge in [-0.25, -0.2) is 0 Å². The normalized spacial score (nSPS) is 21.0. The van der Waals surface area contributed by atoms with Gasteiger partial charge < -0.3 is 10.6 Å². The molecule has 2 rings (SSSR count). The fourth-order valence-corrected chi connectivity index (χ4v) is 2.31. The van der Waals surface area contributed by atoms with Crippen molar-refractivity contribution in [1.82, 2.24) is 9.80 Å². The maximum Gasteiger partial charge on any atom is 0.227 e. The first-order chi connectivity index (χ1) is 8.70. The van der Waals surface area contributed by atoms with E-state index in [1.165, 1.54) is 0 Å². The van der Waals surface area contributed by atoms with E-state index in [9.17, 15) is 4.79 Å². The molecule has 1 amide bonds. The number of likely N-dealkylation sites (N-methyl/N-ethyl adjacent to an activating group) is 1. The van der Waals surface area contributed by atoms with Gasteiger partial charge in [0.15, 0.2) is 0 Å². The van der Waals surface area contributed by atoms with E-state index in [2.05, 4.69) is 11.9 Å². The molecule has 4 heteroatoms. The molecule has 0 bridgehead atoms. The lowest BCUT2D eigenvalue weighted by Crippen LogP contribution is -2.56. The van der Waals surface area contributed by atoms with Crippen molar-refractivity contribution in [3.63, 3.8) is 0 Å². The molecule has 1 atom stereocenters. The van der Waals surface area contributed by atoms with E-state index < -0.39 is 0 Å². The van der Waals surface area contributed by atoms with Crippen LogP contribution in [0.25, 0.3) is 0 Å². The number of hydrogen-bond acceptors (Lipinski definition) is 3. The molecule has 1 heterocycles. The van der Waals surface area contributed by atoms with Crippen LogP contribution >= 0.6 is 0 Å². The lowest BCUT2D eigenvalue weighted by molar-refractivity contribution is -0.133. The van der Waals surface area contributed by atoms with Gasteiger partial charge in [-0.2, -0.15) is 0 Å². The van der Waals surface area contributed by atoms with E-state index >= 15 is 0 Å². The molecule has 1 unspecified atom stereocenters. The molecule has 1 fully saturated rings. The van der Waals surface area contributed by atoms with Crippen LogP contribution < -0.4 is 5.73 Å². The van der Waals surface area contributed by atoms with Gasteiger partial charge >= 0.3 is 0 Å². The Balaban J connectivity index is 1.93. The van der Waals surface area contributed by atoms with Crippen LogP contribution in [0.2, 0.25) is 0 Å². The van der Waals surface area contributed by atoms with Crippen molar-refractivity contribution in [3.05, 3.63) is 35.9 Å². The van der Waals surface area contributed by atoms with Crippen LogP contribution in [0.4, 0.5) is 0 Å². The second-order valence-corrected chi connectivity index (χ2v) is 4.87. The number of nitrogens with zero attached hydrogens (tertiary/aromatic N) is 2. The molecule has 0 aliphatic carbocycles. The van der Waals surface area contributed by atoms with Gasteiger partial charge in [-0.1, -0.05) is 30.3 Å². The summed E-state index contributed by atoms with van der Waals surface area (Å²) in [6.07, 6.45) is 0.488. The van der Waals surface area contributed by atoms with E-state index in [1.54, 1.807) is 0 Å². The minimum atomic E-state index is 0.202. The molecule has 98 valence electrons. The number of nitrogens with two attached hydrogens (primary N) is 1. The van der Waals surface area contributed by atoms with E-state index in [-0.39, 0.29) is 5.91 Å². The first kappa shape index (κ1) is 13.1. The van der Waals surface area contributed by atoms with Crippen molar-refractivity contribution in [2.24, 2.45) is 5.73 Å². The van der Waals surface area contributed by atoms with Crippen molar-refractivity contribution >= 4 is 5.91 Å². The Labute approximate surface area is 108 Å². The van der Waals surface area contributed by atoms with Gasteiger partial charge in [-0.05, 0) is 12.6 Å². The van der Waals surface area contributed by atoms with Crippen molar-refractivity contribution in [3.8, 4) is 0 Å². The van der Waals surface area contributed by atoms with Crippen LogP contribution in [-0.4, -0.2) is 55.0 Å². The Morgan fingerprint density at radius 2 is 2.06 bits per heavy atom. The number of piperazine rings is 1. The van der Waals surface area contributed by atoms with Gasteiger partial charge in [0.25, 0.3) is 0 Å². The minimum absolute atomic E-state index is 0.202. The van der Waals surface area contributed by atoms with Crippen molar-refractivity contribution in [2.45, 2.75) is 12.5 Å². The third-order valence-corrected chi connectivity index (χ3v) is 3.60. The van der Waals surface area contributed by atoms with Crippen LogP contribution in [0.15, 0.2) is 30.3 Å². The molecule has 4 nitrogen and oxygen atoms in total. The van der Waals surface area contributed by atoms with Crippen LogP contribution in [0.1, 0.15) is 5.56 Å². The molecule has 18 heavy (non-hydrogen) atoms. The Bertz CT molecular complexity index is 393. The highest BCUT2D eigenvalue weighted by Gasteiger charge is 2.25. The molecule has 0 spiro atoms. The number of carbonyl (C=O) groups is 1. The zero-order chi connectivity index (χ0) is 13.0. The first-order valence-electron chi connectivity index (χ1n) is 6.42. The van der Waals surface area contributed by atoms with Gasteiger partial charge in [0.05, 0.1) is 6.42 Å². The fourth-order valence-electron chi connectivity index (χ4n) is 2.31. The summed E-state index contributed by atoms with van der Waals surface area (Å²) in [5, 5.41) is 0. The number of amides is 1. The average molecular weight is 247 g/mol. The second-order valence-electron chi connectivity index (χ2n) is 4.87. The Hall–Kier alpha value is -1.39. The highest BCUT2D eigenvalue weighted by atomic mass is 16.2. The highest BCUT2D eigenvalue weighted by Crippen LogP contribution is 2.09. The zero-order valence-corrected chi connectivity index (χ0v) is 10.9. The quantitative estimate of drug-likeness (QED) is 0.837. The molecule has 1 aromatic carbocycles. The summed E-state index contributed by atoms with van der Waals surface area (Å²) in [4.78, 5) is 16.4. The highest BCUT2D eigenvalue weighted by molar-refractivity contribution is 5.78. The van der Waals surface area contributed by atoms with Crippen molar-refractivity contribution < 1.29 is 4.79 Å². The number of carbonyl (C=O) groups excluding carboxylic acids is 1. The third kappa shape index (κ3) is 3.09. The summed E-state index contributed by atoms with van der Waals surface area (Å²) in [6.45, 7) is 3.06. The maximum atomic E-state index is 12.2. The Kier molecular flexibility index (Phi) is 4.33. The van der Waals surface area contributed by atoms with Crippen LogP contribution in [0, 0.1) is 0 Å². The molecule has 0 saturated carbocycles. The molecule has 2 N–H and O–H groups in total. The van der Waals surface area contributed by atoms with Gasteiger partial charge in [0.2, 0.25) is 5.91 Å². The molecule has 0 aromatic heterocycles. The molecular formula is C14H21N3O. The average Bonchev–Trinajstić information content (AvgIpc) is 2.40. The van der Waals surface area contributed by atoms with E-state index in [4.69, 9.17) is 5.73 Å². The van der Waals surface area contributed by atoms with E-state index in [1.807, 2.05) is 35.2 Å². The smallest absolute Gasteiger partial charge is 0.227 e. The van der Waals surface area contributed by atoms with Crippen molar-refractivity contribution in [1.29, 1.82) is 0 Å². The first-order valence-corrected chi connectivity index (χ1v) is 6.42. The van der Waals surface area contributed by atoms with Gasteiger partial charge in [0, 0.05) is 32.2 Å². The summed E-state index contributed by atoms with van der Waals surface area (Å²) in [5.41, 5.74) is 6.80. The van der Waals surface area contributed by atoms with Crippen LogP contribution in [0.3, 0.4) is 0 Å². The molecule has 1 aliphatic rings. The second kappa shape index (κ2) is 5.98. The standard InChI is InChI=1S/C14H21N3O/c1-16-7-8-17(11-13(16)10-15)14(18)9-12-5-3-2-4-6-12/h2-6,13H,7-11,15H2,1H3. The van der Waals surface area contributed by atoms with Crippen molar-refractivity contribution in [2.75, 3.05) is 33.2 Å². The summed E-state index contributed by atoms with van der Waals surface area (Å²) >= 11 is 0. The molecule has 0 radical (unpaired) electrons. The molecule has 1 saturated heterocycles. The molecule has 1 aromatic rings. The van der Waals surface area contributed by atoms with E-state index in [0.717, 1.165) is 25.2 Å². The molecular weight excluding hydrogens is 226 g/mol. The number of rotatable bonds is 3.